The number of carbonyl (C=O) groups excluding carboxylic acids is 1. The van der Waals surface area contributed by atoms with Crippen LogP contribution in [0, 0.1) is 0 Å². The van der Waals surface area contributed by atoms with Crippen molar-refractivity contribution in [2.24, 2.45) is 0 Å². The molecule has 2 unspecified atom stereocenters. The first kappa shape index (κ1) is 9.85. The predicted octanol–water partition coefficient (Wildman–Crippen LogP) is 2.20. The third-order valence-corrected chi connectivity index (χ3v) is 3.59. The highest BCUT2D eigenvalue weighted by Crippen LogP contribution is 2.40. The molecule has 0 bridgehead atoms. The smallest absolute Gasteiger partial charge is 0.170 e. The Balaban J connectivity index is 2.03. The molecule has 3 heteroatoms. The Morgan fingerprint density at radius 1 is 1.38 bits per heavy atom. The molecule has 2 heterocycles. The van der Waals surface area contributed by atoms with E-state index in [1.165, 1.54) is 0 Å². The van der Waals surface area contributed by atoms with Gasteiger partial charge in [-0.05, 0) is 19.1 Å². The summed E-state index contributed by atoms with van der Waals surface area (Å²) in [6, 6.07) is 7.45. The Morgan fingerprint density at radius 2 is 2.19 bits per heavy atom. The average Bonchev–Trinajstić information content (AvgIpc) is 2.60. The van der Waals surface area contributed by atoms with Crippen molar-refractivity contribution >= 4 is 5.78 Å². The van der Waals surface area contributed by atoms with Crippen LogP contribution >= 0.6 is 0 Å². The summed E-state index contributed by atoms with van der Waals surface area (Å²) in [7, 11) is 0. The molecular formula is C13H14O3. The van der Waals surface area contributed by atoms with Crippen LogP contribution in [-0.2, 0) is 4.74 Å². The summed E-state index contributed by atoms with van der Waals surface area (Å²) in [4.78, 5) is 12.1. The zero-order valence-electron chi connectivity index (χ0n) is 9.23. The number of ether oxygens (including phenoxy) is 2. The Kier molecular flexibility index (Phi) is 2.04. The first-order valence-electron chi connectivity index (χ1n) is 5.64. The molecule has 0 radical (unpaired) electrons. The van der Waals surface area contributed by atoms with Crippen molar-refractivity contribution < 1.29 is 14.3 Å². The molecule has 3 rings (SSSR count). The van der Waals surface area contributed by atoms with Gasteiger partial charge in [-0.25, -0.2) is 0 Å². The highest BCUT2D eigenvalue weighted by molar-refractivity contribution is 6.00. The molecule has 1 spiro atoms. The number of ketones is 1. The van der Waals surface area contributed by atoms with Crippen LogP contribution in [0.1, 0.15) is 30.1 Å². The summed E-state index contributed by atoms with van der Waals surface area (Å²) in [5.74, 6) is 0.871. The summed E-state index contributed by atoms with van der Waals surface area (Å²) in [6.07, 6.45) is 1.23. The minimum atomic E-state index is -0.425. The molecule has 0 saturated carbocycles. The van der Waals surface area contributed by atoms with Gasteiger partial charge in [0.1, 0.15) is 11.4 Å². The maximum Gasteiger partial charge on any atom is 0.170 e. The highest BCUT2D eigenvalue weighted by Gasteiger charge is 2.48. The SMILES string of the molecule is CC1OCCC12CC(=O)c1ccccc1O2. The van der Waals surface area contributed by atoms with Gasteiger partial charge in [0.25, 0.3) is 0 Å². The van der Waals surface area contributed by atoms with Crippen molar-refractivity contribution in [1.29, 1.82) is 0 Å². The van der Waals surface area contributed by atoms with Crippen molar-refractivity contribution in [2.75, 3.05) is 6.61 Å². The molecule has 1 fully saturated rings. The fourth-order valence-electron chi connectivity index (χ4n) is 2.54. The molecule has 1 saturated heterocycles. The molecule has 2 atom stereocenters. The third-order valence-electron chi connectivity index (χ3n) is 3.59. The molecule has 2 aliphatic rings. The summed E-state index contributed by atoms with van der Waals surface area (Å²) in [5, 5.41) is 0. The molecule has 84 valence electrons. The fourth-order valence-corrected chi connectivity index (χ4v) is 2.54. The number of para-hydroxylation sites is 1. The van der Waals surface area contributed by atoms with Gasteiger partial charge < -0.3 is 9.47 Å². The number of hydrogen-bond donors (Lipinski definition) is 0. The standard InChI is InChI=1S/C13H14O3/c1-9-13(6-7-15-9)8-11(14)10-4-2-3-5-12(10)16-13/h2-5,9H,6-8H2,1H3. The summed E-state index contributed by atoms with van der Waals surface area (Å²) < 4.78 is 11.5. The van der Waals surface area contributed by atoms with Crippen molar-refractivity contribution in [3.05, 3.63) is 29.8 Å². The van der Waals surface area contributed by atoms with Gasteiger partial charge in [-0.2, -0.15) is 0 Å². The lowest BCUT2D eigenvalue weighted by atomic mass is 9.85. The van der Waals surface area contributed by atoms with Gasteiger partial charge in [-0.15, -0.1) is 0 Å². The van der Waals surface area contributed by atoms with Gasteiger partial charge in [0, 0.05) is 6.42 Å². The van der Waals surface area contributed by atoms with Crippen LogP contribution in [0.15, 0.2) is 24.3 Å². The minimum Gasteiger partial charge on any atom is -0.483 e. The summed E-state index contributed by atoms with van der Waals surface area (Å²) in [5.41, 5.74) is 0.276. The maximum atomic E-state index is 12.1. The first-order chi connectivity index (χ1) is 7.71. The molecule has 2 aliphatic heterocycles. The number of hydrogen-bond acceptors (Lipinski definition) is 3. The lowest BCUT2D eigenvalue weighted by Crippen LogP contribution is -2.47. The van der Waals surface area contributed by atoms with E-state index in [2.05, 4.69) is 0 Å². The molecule has 0 aliphatic carbocycles. The lowest BCUT2D eigenvalue weighted by molar-refractivity contribution is -0.0160. The van der Waals surface area contributed by atoms with Gasteiger partial charge in [0.05, 0.1) is 24.7 Å². The Labute approximate surface area is 94.4 Å². The number of fused-ring (bicyclic) bond motifs is 1. The Morgan fingerprint density at radius 3 is 2.94 bits per heavy atom. The summed E-state index contributed by atoms with van der Waals surface area (Å²) in [6.45, 7) is 2.66. The van der Waals surface area contributed by atoms with Gasteiger partial charge in [-0.1, -0.05) is 12.1 Å². The van der Waals surface area contributed by atoms with Crippen molar-refractivity contribution in [2.45, 2.75) is 31.5 Å². The number of Topliss-reactive ketones (excluding diaryl/α,β-unsaturated/α-hetero) is 1. The van der Waals surface area contributed by atoms with Crippen LogP contribution in [0.2, 0.25) is 0 Å². The fraction of sp³-hybridized carbons (Fsp3) is 0.462. The highest BCUT2D eigenvalue weighted by atomic mass is 16.6. The maximum absolute atomic E-state index is 12.1. The van der Waals surface area contributed by atoms with Crippen LogP contribution in [0.25, 0.3) is 0 Å². The molecular weight excluding hydrogens is 204 g/mol. The van der Waals surface area contributed by atoms with E-state index in [9.17, 15) is 4.79 Å². The quantitative estimate of drug-likeness (QED) is 0.669. The van der Waals surface area contributed by atoms with E-state index < -0.39 is 5.60 Å². The summed E-state index contributed by atoms with van der Waals surface area (Å²) >= 11 is 0. The normalized spacial score (nSPS) is 32.6. The van der Waals surface area contributed by atoms with Crippen molar-refractivity contribution in [3.8, 4) is 5.75 Å². The topological polar surface area (TPSA) is 35.5 Å². The number of benzene rings is 1. The van der Waals surface area contributed by atoms with Crippen LogP contribution in [0.5, 0.6) is 5.75 Å². The minimum absolute atomic E-state index is 0.00944. The van der Waals surface area contributed by atoms with Gasteiger partial charge >= 0.3 is 0 Å². The molecule has 16 heavy (non-hydrogen) atoms. The van der Waals surface area contributed by atoms with E-state index in [0.29, 0.717) is 24.3 Å². The zero-order valence-corrected chi connectivity index (χ0v) is 9.23. The predicted molar refractivity (Wildman–Crippen MR) is 58.8 cm³/mol. The van der Waals surface area contributed by atoms with E-state index in [1.807, 2.05) is 31.2 Å². The van der Waals surface area contributed by atoms with E-state index in [0.717, 1.165) is 6.42 Å². The number of rotatable bonds is 0. The first-order valence-corrected chi connectivity index (χ1v) is 5.64. The molecule has 1 aromatic rings. The zero-order chi connectivity index (χ0) is 11.2. The van der Waals surface area contributed by atoms with E-state index in [-0.39, 0.29) is 11.9 Å². The molecule has 0 aromatic heterocycles. The van der Waals surface area contributed by atoms with Crippen LogP contribution < -0.4 is 4.74 Å². The second-order valence-corrected chi connectivity index (χ2v) is 4.53. The van der Waals surface area contributed by atoms with Gasteiger partial charge in [0.2, 0.25) is 0 Å². The Hall–Kier alpha value is -1.35. The second-order valence-electron chi connectivity index (χ2n) is 4.53. The van der Waals surface area contributed by atoms with E-state index >= 15 is 0 Å². The molecule has 0 N–H and O–H groups in total. The molecule has 0 amide bonds. The third kappa shape index (κ3) is 1.28. The van der Waals surface area contributed by atoms with Crippen LogP contribution in [-0.4, -0.2) is 24.1 Å². The van der Waals surface area contributed by atoms with Gasteiger partial charge in [-0.3, -0.25) is 4.79 Å². The monoisotopic (exact) mass is 218 g/mol. The largest absolute Gasteiger partial charge is 0.483 e. The Bertz CT molecular complexity index is 441. The van der Waals surface area contributed by atoms with E-state index in [1.54, 1.807) is 0 Å². The van der Waals surface area contributed by atoms with Gasteiger partial charge in [0.15, 0.2) is 5.78 Å². The van der Waals surface area contributed by atoms with Crippen LogP contribution in [0.3, 0.4) is 0 Å². The number of carbonyl (C=O) groups is 1. The lowest BCUT2D eigenvalue weighted by Gasteiger charge is -2.36. The van der Waals surface area contributed by atoms with Crippen LogP contribution in [0.4, 0.5) is 0 Å². The van der Waals surface area contributed by atoms with E-state index in [4.69, 9.17) is 9.47 Å². The second kappa shape index (κ2) is 3.32. The molecule has 1 aromatic carbocycles. The molecule has 3 nitrogen and oxygen atoms in total. The van der Waals surface area contributed by atoms with Crippen molar-refractivity contribution in [3.63, 3.8) is 0 Å². The van der Waals surface area contributed by atoms with Crippen molar-refractivity contribution in [1.82, 2.24) is 0 Å². The average molecular weight is 218 g/mol.